The van der Waals surface area contributed by atoms with Gasteiger partial charge in [0.2, 0.25) is 0 Å². The van der Waals surface area contributed by atoms with E-state index in [0.717, 1.165) is 0 Å². The zero-order valence-corrected chi connectivity index (χ0v) is 42.3. The van der Waals surface area contributed by atoms with Gasteiger partial charge in [0.1, 0.15) is 0 Å². The minimum Gasteiger partial charge on any atom is -1.00 e. The molecule has 0 fully saturated rings. The van der Waals surface area contributed by atoms with E-state index < -0.39 is 0 Å². The fourth-order valence-corrected chi connectivity index (χ4v) is 0. The van der Waals surface area contributed by atoms with E-state index in [0.29, 0.717) is 0 Å². The molecule has 0 aromatic heterocycles. The molecule has 0 saturated carbocycles. The molecule has 0 aromatic rings. The molecule has 0 nitrogen and oxygen atoms in total. The van der Waals surface area contributed by atoms with Gasteiger partial charge in [-0.05, 0) is 0 Å². The van der Waals surface area contributed by atoms with Crippen LogP contribution in [0.2, 0.25) is 0 Å². The standard InChI is InChI=1S/5HI.5Rb/h5*1H;;;;;/q;;;;;5*+1/p-5. The summed E-state index contributed by atoms with van der Waals surface area (Å²) in [5, 5.41) is 0. The van der Waals surface area contributed by atoms with E-state index in [1.54, 1.807) is 0 Å². The number of hydrogen-bond acceptors (Lipinski definition) is 0. The van der Waals surface area contributed by atoms with Crippen LogP contribution < -0.4 is 411 Å². The van der Waals surface area contributed by atoms with Crippen molar-refractivity contribution >= 4 is 0 Å². The van der Waals surface area contributed by atoms with Crippen LogP contribution in [0.1, 0.15) is 0 Å². The predicted molar refractivity (Wildman–Crippen MR) is 0 cm³/mol. The summed E-state index contributed by atoms with van der Waals surface area (Å²) >= 11 is 0. The summed E-state index contributed by atoms with van der Waals surface area (Å²) in [7, 11) is 0. The molecule has 0 aliphatic carbocycles. The van der Waals surface area contributed by atoms with Crippen LogP contribution in [0.15, 0.2) is 0 Å². The summed E-state index contributed by atoms with van der Waals surface area (Å²) in [6.45, 7) is 0. The minimum absolute atomic E-state index is 0. The van der Waals surface area contributed by atoms with Crippen LogP contribution in [0, 0.1) is 0 Å². The summed E-state index contributed by atoms with van der Waals surface area (Å²) in [5.74, 6) is 0. The summed E-state index contributed by atoms with van der Waals surface area (Å²) in [5.41, 5.74) is 0. The topological polar surface area (TPSA) is 0 Å². The Bertz CT molecular complexity index is 10.0. The fourth-order valence-electron chi connectivity index (χ4n) is 0. The van der Waals surface area contributed by atoms with Crippen molar-refractivity contribution in [3.05, 3.63) is 0 Å². The molecule has 0 N–H and O–H groups in total. The zero-order valence-electron chi connectivity index (χ0n) is 6.89. The van der Waals surface area contributed by atoms with Crippen LogP contribution in [-0.4, -0.2) is 0 Å². The van der Waals surface area contributed by atoms with Gasteiger partial charge in [-0.15, -0.1) is 0 Å². The largest absolute Gasteiger partial charge is 1.00 e. The van der Waals surface area contributed by atoms with E-state index in [2.05, 4.69) is 0 Å². The van der Waals surface area contributed by atoms with Gasteiger partial charge in [-0.2, -0.15) is 0 Å². The molecule has 0 bridgehead atoms. The number of rotatable bonds is 0. The van der Waals surface area contributed by atoms with E-state index in [9.17, 15) is 0 Å². The number of hydrogen-bond donors (Lipinski definition) is 0. The molecular weight excluding hydrogens is 1060 g/mol. The van der Waals surface area contributed by atoms with Crippen LogP contribution in [0.5, 0.6) is 0 Å². The smallest absolute Gasteiger partial charge is 1.00 e. The molecule has 0 saturated heterocycles. The Morgan fingerprint density at radius 1 is 0.200 bits per heavy atom. The van der Waals surface area contributed by atoms with Gasteiger partial charge in [-0.1, -0.05) is 0 Å². The third kappa shape index (κ3) is 49.8. The van der Waals surface area contributed by atoms with Gasteiger partial charge in [0.25, 0.3) is 0 Å². The first-order valence-electron chi connectivity index (χ1n) is 0. The normalized spacial score (nSPS) is 0. The van der Waals surface area contributed by atoms with Crippen molar-refractivity contribution in [3.63, 3.8) is 0 Å². The SMILES string of the molecule is [I-].[I-].[I-].[I-].[I-].[Rb+].[Rb+].[Rb+].[Rb+].[Rb+]. The Balaban J connectivity index is 0. The molecule has 10 heavy (non-hydrogen) atoms. The van der Waals surface area contributed by atoms with Gasteiger partial charge in [-0.3, -0.25) is 0 Å². The van der Waals surface area contributed by atoms with Crippen molar-refractivity contribution < 1.29 is 411 Å². The van der Waals surface area contributed by atoms with Crippen LogP contribution in [0.4, 0.5) is 0 Å². The summed E-state index contributed by atoms with van der Waals surface area (Å²) < 4.78 is 0. The van der Waals surface area contributed by atoms with Gasteiger partial charge in [0, 0.05) is 0 Å². The van der Waals surface area contributed by atoms with Gasteiger partial charge in [0.05, 0.1) is 0 Å². The fraction of sp³-hybridized carbons (Fsp3) is 0. The predicted octanol–water partition coefficient (Wildman–Crippen LogP) is -30.0. The zero-order chi connectivity index (χ0) is 0. The first-order valence-corrected chi connectivity index (χ1v) is 0. The van der Waals surface area contributed by atoms with Crippen molar-refractivity contribution in [1.82, 2.24) is 0 Å². The molecule has 0 aromatic carbocycles. The third-order valence-electron chi connectivity index (χ3n) is 0. The molecule has 0 amide bonds. The van der Waals surface area contributed by atoms with E-state index in [1.807, 2.05) is 0 Å². The first kappa shape index (κ1) is 66.3. The summed E-state index contributed by atoms with van der Waals surface area (Å²) in [4.78, 5) is 0. The van der Waals surface area contributed by atoms with Gasteiger partial charge in [0.15, 0.2) is 0 Å². The second kappa shape index (κ2) is 57.7. The maximum atomic E-state index is 0. The van der Waals surface area contributed by atoms with Crippen molar-refractivity contribution in [2.24, 2.45) is 0 Å². The molecular formula is I5Rb5. The second-order valence-corrected chi connectivity index (χ2v) is 0. The molecule has 10 heteroatoms. The third-order valence-corrected chi connectivity index (χ3v) is 0. The number of halogens is 5. The molecule has 0 aliphatic rings. The van der Waals surface area contributed by atoms with Crippen molar-refractivity contribution in [1.29, 1.82) is 0 Å². The van der Waals surface area contributed by atoms with Crippen LogP contribution in [0.3, 0.4) is 0 Å². The van der Waals surface area contributed by atoms with Crippen molar-refractivity contribution in [3.8, 4) is 0 Å². The van der Waals surface area contributed by atoms with Crippen LogP contribution >= 0.6 is 0 Å². The maximum Gasteiger partial charge on any atom is 1.00 e. The molecule has 40 valence electrons. The molecule has 0 unspecified atom stereocenters. The van der Waals surface area contributed by atoms with E-state index in [4.69, 9.17) is 0 Å². The maximum absolute atomic E-state index is 0. The summed E-state index contributed by atoms with van der Waals surface area (Å²) in [6.07, 6.45) is 0. The Kier molecular flexibility index (Phi) is 382. The van der Waals surface area contributed by atoms with Crippen molar-refractivity contribution in [2.75, 3.05) is 0 Å². The van der Waals surface area contributed by atoms with E-state index >= 15 is 0 Å². The second-order valence-electron chi connectivity index (χ2n) is 0. The molecule has 0 heterocycles. The van der Waals surface area contributed by atoms with Crippen molar-refractivity contribution in [2.45, 2.75) is 0 Å². The van der Waals surface area contributed by atoms with E-state index in [1.165, 1.54) is 0 Å². The Hall–Kier alpha value is 12.7. The Morgan fingerprint density at radius 2 is 0.200 bits per heavy atom. The van der Waals surface area contributed by atoms with Gasteiger partial charge >= 0.3 is 291 Å². The average Bonchev–Trinajstić information content (AvgIpc) is 0. The molecule has 0 rings (SSSR count). The Labute approximate surface area is 394 Å². The summed E-state index contributed by atoms with van der Waals surface area (Å²) in [6, 6.07) is 0. The quantitative estimate of drug-likeness (QED) is 0.212. The van der Waals surface area contributed by atoms with Crippen LogP contribution in [0.25, 0.3) is 0 Å². The minimum atomic E-state index is 0. The Morgan fingerprint density at radius 3 is 0.200 bits per heavy atom. The van der Waals surface area contributed by atoms with Gasteiger partial charge in [-0.25, -0.2) is 0 Å². The van der Waals surface area contributed by atoms with Gasteiger partial charge < -0.3 is 120 Å². The molecule has 0 spiro atoms. The molecule has 0 aliphatic heterocycles. The van der Waals surface area contributed by atoms with Crippen LogP contribution in [-0.2, 0) is 0 Å². The van der Waals surface area contributed by atoms with E-state index in [-0.39, 0.29) is 411 Å². The first-order chi connectivity index (χ1) is 0. The average molecular weight is 1060 g/mol. The molecule has 0 radical (unpaired) electrons. The molecule has 0 atom stereocenters. The monoisotopic (exact) mass is 1060 g/mol.